The van der Waals surface area contributed by atoms with Crippen LogP contribution in [0.3, 0.4) is 0 Å². The largest absolute Gasteiger partial charge is 0.497 e. The molecule has 0 aliphatic heterocycles. The number of fused-ring (bicyclic) bond motifs is 1. The molecular formula is C20H30N2O. The van der Waals surface area contributed by atoms with Crippen molar-refractivity contribution in [1.29, 1.82) is 0 Å². The predicted octanol–water partition coefficient (Wildman–Crippen LogP) is 5.80. The van der Waals surface area contributed by atoms with Gasteiger partial charge >= 0.3 is 0 Å². The lowest BCUT2D eigenvalue weighted by Crippen LogP contribution is -2.02. The van der Waals surface area contributed by atoms with Crippen molar-refractivity contribution >= 4 is 16.6 Å². The number of pyridine rings is 1. The van der Waals surface area contributed by atoms with E-state index in [0.717, 1.165) is 28.9 Å². The van der Waals surface area contributed by atoms with Crippen LogP contribution in [0.15, 0.2) is 30.5 Å². The average molecular weight is 314 g/mol. The second-order valence-corrected chi connectivity index (χ2v) is 6.14. The van der Waals surface area contributed by atoms with Crippen molar-refractivity contribution in [2.75, 3.05) is 19.0 Å². The summed E-state index contributed by atoms with van der Waals surface area (Å²) in [4.78, 5) is 4.41. The highest BCUT2D eigenvalue weighted by atomic mass is 16.5. The molecule has 0 spiro atoms. The molecule has 1 aromatic heterocycles. The van der Waals surface area contributed by atoms with Crippen LogP contribution in [0, 0.1) is 0 Å². The van der Waals surface area contributed by atoms with E-state index in [9.17, 15) is 0 Å². The Morgan fingerprint density at radius 2 is 1.70 bits per heavy atom. The first-order chi connectivity index (χ1) is 11.3. The molecule has 2 aromatic rings. The molecule has 23 heavy (non-hydrogen) atoms. The number of nitrogens with zero attached hydrogens (tertiary/aromatic N) is 1. The maximum absolute atomic E-state index is 5.32. The van der Waals surface area contributed by atoms with Crippen molar-refractivity contribution in [3.8, 4) is 5.75 Å². The van der Waals surface area contributed by atoms with E-state index in [1.807, 2.05) is 24.4 Å². The number of hydrogen-bond donors (Lipinski definition) is 1. The van der Waals surface area contributed by atoms with E-state index in [-0.39, 0.29) is 0 Å². The summed E-state index contributed by atoms with van der Waals surface area (Å²) in [6.45, 7) is 3.29. The maximum Gasteiger partial charge on any atom is 0.119 e. The van der Waals surface area contributed by atoms with Crippen molar-refractivity contribution in [1.82, 2.24) is 4.98 Å². The molecule has 0 aliphatic rings. The Kier molecular flexibility index (Phi) is 7.71. The van der Waals surface area contributed by atoms with E-state index in [1.54, 1.807) is 7.11 Å². The number of unbranched alkanes of at least 4 members (excludes halogenated alkanes) is 7. The molecule has 0 bridgehead atoms. The van der Waals surface area contributed by atoms with Crippen LogP contribution in [0.1, 0.15) is 58.3 Å². The molecule has 0 fully saturated rings. The third-order valence-electron chi connectivity index (χ3n) is 4.29. The van der Waals surface area contributed by atoms with Gasteiger partial charge in [-0.3, -0.25) is 4.98 Å². The number of methoxy groups -OCH3 is 1. The molecule has 0 radical (unpaired) electrons. The summed E-state index contributed by atoms with van der Waals surface area (Å²) >= 11 is 0. The summed E-state index contributed by atoms with van der Waals surface area (Å²) in [5.74, 6) is 0.876. The normalized spacial score (nSPS) is 10.9. The van der Waals surface area contributed by atoms with Gasteiger partial charge in [0.1, 0.15) is 5.75 Å². The van der Waals surface area contributed by atoms with Gasteiger partial charge in [-0.1, -0.05) is 51.9 Å². The quantitative estimate of drug-likeness (QED) is 0.532. The van der Waals surface area contributed by atoms with Crippen LogP contribution in [-0.2, 0) is 0 Å². The van der Waals surface area contributed by atoms with Gasteiger partial charge in [0.2, 0.25) is 0 Å². The number of anilines is 1. The lowest BCUT2D eigenvalue weighted by molar-refractivity contribution is 0.415. The Morgan fingerprint density at radius 1 is 0.957 bits per heavy atom. The van der Waals surface area contributed by atoms with Gasteiger partial charge in [0.05, 0.1) is 12.6 Å². The Bertz CT molecular complexity index is 583. The molecule has 0 saturated carbocycles. The zero-order valence-electron chi connectivity index (χ0n) is 14.6. The summed E-state index contributed by atoms with van der Waals surface area (Å²) in [5.41, 5.74) is 2.16. The molecule has 1 N–H and O–H groups in total. The SMILES string of the molecule is CCCCCCCCCCNc1ccnc2ccc(OC)cc12. The van der Waals surface area contributed by atoms with Crippen molar-refractivity contribution in [2.45, 2.75) is 58.3 Å². The van der Waals surface area contributed by atoms with Crippen LogP contribution in [0.4, 0.5) is 5.69 Å². The monoisotopic (exact) mass is 314 g/mol. The van der Waals surface area contributed by atoms with Crippen molar-refractivity contribution < 1.29 is 4.74 Å². The predicted molar refractivity (Wildman–Crippen MR) is 99.4 cm³/mol. The maximum atomic E-state index is 5.32. The Morgan fingerprint density at radius 3 is 2.43 bits per heavy atom. The number of hydrogen-bond acceptors (Lipinski definition) is 3. The van der Waals surface area contributed by atoms with Crippen LogP contribution in [0.2, 0.25) is 0 Å². The van der Waals surface area contributed by atoms with Gasteiger partial charge in [-0.25, -0.2) is 0 Å². The van der Waals surface area contributed by atoms with Gasteiger partial charge < -0.3 is 10.1 Å². The Hall–Kier alpha value is -1.77. The van der Waals surface area contributed by atoms with Gasteiger partial charge in [-0.2, -0.15) is 0 Å². The summed E-state index contributed by atoms with van der Waals surface area (Å²) < 4.78 is 5.32. The number of benzene rings is 1. The highest BCUT2D eigenvalue weighted by molar-refractivity contribution is 5.92. The molecule has 0 amide bonds. The van der Waals surface area contributed by atoms with E-state index < -0.39 is 0 Å². The number of rotatable bonds is 11. The van der Waals surface area contributed by atoms with E-state index in [2.05, 4.69) is 23.3 Å². The molecule has 1 aromatic carbocycles. The minimum atomic E-state index is 0.876. The smallest absolute Gasteiger partial charge is 0.119 e. The second kappa shape index (κ2) is 10.1. The first kappa shape index (κ1) is 17.6. The molecule has 0 saturated heterocycles. The second-order valence-electron chi connectivity index (χ2n) is 6.14. The zero-order valence-corrected chi connectivity index (χ0v) is 14.6. The molecule has 0 aliphatic carbocycles. The highest BCUT2D eigenvalue weighted by Gasteiger charge is 2.03. The Balaban J connectivity index is 1.74. The molecule has 2 rings (SSSR count). The third kappa shape index (κ3) is 5.74. The van der Waals surface area contributed by atoms with Gasteiger partial charge in [0, 0.05) is 23.8 Å². The number of nitrogens with one attached hydrogen (secondary N) is 1. The topological polar surface area (TPSA) is 34.2 Å². The van der Waals surface area contributed by atoms with E-state index in [4.69, 9.17) is 4.74 Å². The fourth-order valence-corrected chi connectivity index (χ4v) is 2.89. The van der Waals surface area contributed by atoms with Crippen LogP contribution < -0.4 is 10.1 Å². The molecule has 126 valence electrons. The summed E-state index contributed by atoms with van der Waals surface area (Å²) in [6.07, 6.45) is 12.7. The molecular weight excluding hydrogens is 284 g/mol. The van der Waals surface area contributed by atoms with Gasteiger partial charge in [-0.05, 0) is 30.7 Å². The lowest BCUT2D eigenvalue weighted by Gasteiger charge is -2.10. The van der Waals surface area contributed by atoms with E-state index >= 15 is 0 Å². The van der Waals surface area contributed by atoms with Gasteiger partial charge in [0.25, 0.3) is 0 Å². The fraction of sp³-hybridized carbons (Fsp3) is 0.550. The molecule has 1 heterocycles. The van der Waals surface area contributed by atoms with Gasteiger partial charge in [-0.15, -0.1) is 0 Å². The molecule has 3 nitrogen and oxygen atoms in total. The van der Waals surface area contributed by atoms with Crippen molar-refractivity contribution in [3.63, 3.8) is 0 Å². The third-order valence-corrected chi connectivity index (χ3v) is 4.29. The average Bonchev–Trinajstić information content (AvgIpc) is 2.60. The Labute approximate surface area is 140 Å². The summed E-state index contributed by atoms with van der Waals surface area (Å²) in [6, 6.07) is 8.07. The van der Waals surface area contributed by atoms with Crippen LogP contribution in [-0.4, -0.2) is 18.6 Å². The molecule has 0 unspecified atom stereocenters. The highest BCUT2D eigenvalue weighted by Crippen LogP contribution is 2.25. The molecule has 0 atom stereocenters. The van der Waals surface area contributed by atoms with Gasteiger partial charge in [0.15, 0.2) is 0 Å². The number of ether oxygens (including phenoxy) is 1. The summed E-state index contributed by atoms with van der Waals surface area (Å²) in [7, 11) is 1.70. The summed E-state index contributed by atoms with van der Waals surface area (Å²) in [5, 5.41) is 4.69. The standard InChI is InChI=1S/C20H30N2O/c1-3-4-5-6-7-8-9-10-14-21-20-13-15-22-19-12-11-17(23-2)16-18(19)20/h11-13,15-16H,3-10,14H2,1-2H3,(H,21,22). The first-order valence-corrected chi connectivity index (χ1v) is 9.01. The zero-order chi connectivity index (χ0) is 16.3. The van der Waals surface area contributed by atoms with Crippen LogP contribution in [0.5, 0.6) is 5.75 Å². The van der Waals surface area contributed by atoms with Crippen LogP contribution >= 0.6 is 0 Å². The first-order valence-electron chi connectivity index (χ1n) is 9.01. The minimum Gasteiger partial charge on any atom is -0.497 e. The van der Waals surface area contributed by atoms with E-state index in [1.165, 1.54) is 51.4 Å². The fourth-order valence-electron chi connectivity index (χ4n) is 2.89. The van der Waals surface area contributed by atoms with E-state index in [0.29, 0.717) is 0 Å². The minimum absolute atomic E-state index is 0.876. The van der Waals surface area contributed by atoms with Crippen molar-refractivity contribution in [3.05, 3.63) is 30.5 Å². The number of aromatic nitrogens is 1. The van der Waals surface area contributed by atoms with Crippen LogP contribution in [0.25, 0.3) is 10.9 Å². The molecule has 3 heteroatoms. The lowest BCUT2D eigenvalue weighted by atomic mass is 10.1. The van der Waals surface area contributed by atoms with Crippen molar-refractivity contribution in [2.24, 2.45) is 0 Å².